The molecule has 0 saturated carbocycles. The highest BCUT2D eigenvalue weighted by Crippen LogP contribution is 2.35. The maximum atomic E-state index is 13.0. The quantitative estimate of drug-likeness (QED) is 0.729. The Morgan fingerprint density at radius 1 is 1.18 bits per heavy atom. The number of benzene rings is 2. The predicted molar refractivity (Wildman–Crippen MR) is 105 cm³/mol. The van der Waals surface area contributed by atoms with Crippen molar-refractivity contribution in [3.05, 3.63) is 70.5 Å². The summed E-state index contributed by atoms with van der Waals surface area (Å²) in [7, 11) is 0. The van der Waals surface area contributed by atoms with Gasteiger partial charge in [-0.1, -0.05) is 29.5 Å². The van der Waals surface area contributed by atoms with E-state index < -0.39 is 5.82 Å². The molecule has 1 saturated heterocycles. The molecule has 142 valence electrons. The molecule has 1 atom stereocenters. The third-order valence-electron chi connectivity index (χ3n) is 4.65. The molecule has 1 aliphatic rings. The fourth-order valence-electron chi connectivity index (χ4n) is 3.19. The molecule has 28 heavy (non-hydrogen) atoms. The van der Waals surface area contributed by atoms with Crippen LogP contribution in [0.4, 0.5) is 15.2 Å². The zero-order valence-electron chi connectivity index (χ0n) is 15.1. The van der Waals surface area contributed by atoms with Crippen LogP contribution in [0.25, 0.3) is 0 Å². The molecule has 6 nitrogen and oxygen atoms in total. The van der Waals surface area contributed by atoms with Crippen molar-refractivity contribution in [1.29, 1.82) is 0 Å². The topological polar surface area (TPSA) is 75.2 Å². The van der Waals surface area contributed by atoms with Crippen LogP contribution in [0.2, 0.25) is 0 Å². The van der Waals surface area contributed by atoms with Gasteiger partial charge in [-0.25, -0.2) is 4.39 Å². The minimum atomic E-state index is -0.404. The van der Waals surface area contributed by atoms with Crippen molar-refractivity contribution in [3.8, 4) is 0 Å². The lowest BCUT2D eigenvalue weighted by Gasteiger charge is -2.18. The molecule has 0 unspecified atom stereocenters. The summed E-state index contributed by atoms with van der Waals surface area (Å²) >= 11 is 1.25. The third-order valence-corrected chi connectivity index (χ3v) is 5.65. The van der Waals surface area contributed by atoms with Crippen LogP contribution in [0.5, 0.6) is 0 Å². The van der Waals surface area contributed by atoms with Crippen LogP contribution in [0.1, 0.15) is 33.3 Å². The number of carbonyl (C=O) groups is 2. The zero-order valence-corrected chi connectivity index (χ0v) is 15.9. The Kier molecular flexibility index (Phi) is 4.87. The standard InChI is InChI=1S/C20H17FN4O2S/c1-12-4-2-3-5-16(12)25-11-14(10-17(25)26)19-23-24-20(28-19)22-18(27)13-6-8-15(21)9-7-13/h2-9,14H,10-11H2,1H3,(H,22,24,27)/t14-/m0/s1. The van der Waals surface area contributed by atoms with Gasteiger partial charge in [-0.2, -0.15) is 0 Å². The number of hydrogen-bond donors (Lipinski definition) is 1. The zero-order chi connectivity index (χ0) is 19.7. The molecule has 1 aliphatic heterocycles. The molecule has 4 rings (SSSR count). The number of nitrogens with zero attached hydrogens (tertiary/aromatic N) is 3. The van der Waals surface area contributed by atoms with Gasteiger partial charge in [0.15, 0.2) is 0 Å². The highest BCUT2D eigenvalue weighted by Gasteiger charge is 2.34. The fourth-order valence-corrected chi connectivity index (χ4v) is 4.02. The maximum absolute atomic E-state index is 13.0. The van der Waals surface area contributed by atoms with E-state index in [-0.39, 0.29) is 17.7 Å². The second-order valence-corrected chi connectivity index (χ2v) is 7.61. The summed E-state index contributed by atoms with van der Waals surface area (Å²) in [6, 6.07) is 13.0. The molecule has 2 aromatic carbocycles. The van der Waals surface area contributed by atoms with Crippen LogP contribution >= 0.6 is 11.3 Å². The molecule has 1 fully saturated rings. The van der Waals surface area contributed by atoms with E-state index in [0.29, 0.717) is 28.7 Å². The number of anilines is 2. The molecule has 2 heterocycles. The highest BCUT2D eigenvalue weighted by atomic mass is 32.1. The van der Waals surface area contributed by atoms with E-state index >= 15 is 0 Å². The van der Waals surface area contributed by atoms with Gasteiger partial charge in [-0.15, -0.1) is 10.2 Å². The Bertz CT molecular complexity index is 1030. The van der Waals surface area contributed by atoms with Gasteiger partial charge in [0.25, 0.3) is 5.91 Å². The molecular weight excluding hydrogens is 379 g/mol. The molecule has 0 radical (unpaired) electrons. The first-order valence-electron chi connectivity index (χ1n) is 8.77. The van der Waals surface area contributed by atoms with Gasteiger partial charge in [-0.3, -0.25) is 14.9 Å². The van der Waals surface area contributed by atoms with Crippen molar-refractivity contribution in [2.24, 2.45) is 0 Å². The molecular formula is C20H17FN4O2S. The lowest BCUT2D eigenvalue weighted by molar-refractivity contribution is -0.117. The lowest BCUT2D eigenvalue weighted by atomic mass is 10.1. The largest absolute Gasteiger partial charge is 0.311 e. The van der Waals surface area contributed by atoms with Gasteiger partial charge in [0.1, 0.15) is 10.8 Å². The van der Waals surface area contributed by atoms with Crippen LogP contribution in [-0.4, -0.2) is 28.6 Å². The number of amides is 2. The van der Waals surface area contributed by atoms with Crippen LogP contribution in [0.15, 0.2) is 48.5 Å². The first-order valence-corrected chi connectivity index (χ1v) is 9.59. The fraction of sp³-hybridized carbons (Fsp3) is 0.200. The van der Waals surface area contributed by atoms with Crippen molar-refractivity contribution in [3.63, 3.8) is 0 Å². The molecule has 3 aromatic rings. The Morgan fingerprint density at radius 2 is 1.93 bits per heavy atom. The van der Waals surface area contributed by atoms with E-state index in [0.717, 1.165) is 11.3 Å². The second-order valence-electron chi connectivity index (χ2n) is 6.60. The molecule has 0 spiro atoms. The number of aryl methyl sites for hydroxylation is 1. The number of carbonyl (C=O) groups excluding carboxylic acids is 2. The van der Waals surface area contributed by atoms with Gasteiger partial charge in [0, 0.05) is 30.1 Å². The molecule has 2 amide bonds. The second kappa shape index (κ2) is 7.47. The van der Waals surface area contributed by atoms with Gasteiger partial charge in [0.05, 0.1) is 0 Å². The van der Waals surface area contributed by atoms with Crippen LogP contribution < -0.4 is 10.2 Å². The molecule has 0 aliphatic carbocycles. The van der Waals surface area contributed by atoms with Crippen LogP contribution in [0.3, 0.4) is 0 Å². The van der Waals surface area contributed by atoms with Crippen LogP contribution in [0, 0.1) is 12.7 Å². The average molecular weight is 396 g/mol. The Labute approximate surface area is 165 Å². The van der Waals surface area contributed by atoms with Crippen molar-refractivity contribution < 1.29 is 14.0 Å². The highest BCUT2D eigenvalue weighted by molar-refractivity contribution is 7.15. The van der Waals surface area contributed by atoms with Gasteiger partial charge < -0.3 is 4.90 Å². The van der Waals surface area contributed by atoms with Crippen molar-refractivity contribution in [1.82, 2.24) is 10.2 Å². The summed E-state index contributed by atoms with van der Waals surface area (Å²) in [5.74, 6) is -0.807. The summed E-state index contributed by atoms with van der Waals surface area (Å²) in [4.78, 5) is 26.5. The first kappa shape index (κ1) is 18.2. The monoisotopic (exact) mass is 396 g/mol. The molecule has 0 bridgehead atoms. The average Bonchev–Trinajstić information content (AvgIpc) is 3.29. The first-order chi connectivity index (χ1) is 13.5. The Morgan fingerprint density at radius 3 is 2.68 bits per heavy atom. The normalized spacial score (nSPS) is 16.4. The summed E-state index contributed by atoms with van der Waals surface area (Å²) < 4.78 is 13.0. The summed E-state index contributed by atoms with van der Waals surface area (Å²) in [5, 5.41) is 11.9. The Hall–Kier alpha value is -3.13. The predicted octanol–water partition coefficient (Wildman–Crippen LogP) is 3.76. The van der Waals surface area contributed by atoms with E-state index in [4.69, 9.17) is 0 Å². The molecule has 8 heteroatoms. The van der Waals surface area contributed by atoms with Crippen molar-refractivity contribution in [2.75, 3.05) is 16.8 Å². The SMILES string of the molecule is Cc1ccccc1N1C[C@@H](c2nnc(NC(=O)c3ccc(F)cc3)s2)CC1=O. The Balaban J connectivity index is 1.46. The number of para-hydroxylation sites is 1. The van der Waals surface area contributed by atoms with Crippen LogP contribution in [-0.2, 0) is 4.79 Å². The lowest BCUT2D eigenvalue weighted by Crippen LogP contribution is -2.25. The number of rotatable bonds is 4. The summed E-state index contributed by atoms with van der Waals surface area (Å²) in [6.07, 6.45) is 0.356. The van der Waals surface area contributed by atoms with Crippen molar-refractivity contribution >= 4 is 34.0 Å². The minimum absolute atomic E-state index is 0.0476. The van der Waals surface area contributed by atoms with E-state index in [9.17, 15) is 14.0 Å². The number of halogens is 1. The van der Waals surface area contributed by atoms with E-state index in [1.54, 1.807) is 4.90 Å². The third kappa shape index (κ3) is 3.63. The van der Waals surface area contributed by atoms with E-state index in [2.05, 4.69) is 15.5 Å². The summed E-state index contributed by atoms with van der Waals surface area (Å²) in [5.41, 5.74) is 2.28. The molecule has 1 aromatic heterocycles. The number of aromatic nitrogens is 2. The smallest absolute Gasteiger partial charge is 0.257 e. The van der Waals surface area contributed by atoms with Gasteiger partial charge in [-0.05, 0) is 42.8 Å². The number of nitrogens with one attached hydrogen (secondary N) is 1. The van der Waals surface area contributed by atoms with Gasteiger partial charge in [0.2, 0.25) is 11.0 Å². The van der Waals surface area contributed by atoms with Crippen molar-refractivity contribution in [2.45, 2.75) is 19.3 Å². The van der Waals surface area contributed by atoms with E-state index in [1.807, 2.05) is 31.2 Å². The minimum Gasteiger partial charge on any atom is -0.311 e. The summed E-state index contributed by atoms with van der Waals surface area (Å²) in [6.45, 7) is 2.51. The van der Waals surface area contributed by atoms with Gasteiger partial charge >= 0.3 is 0 Å². The maximum Gasteiger partial charge on any atom is 0.257 e. The molecule has 1 N–H and O–H groups in total. The van der Waals surface area contributed by atoms with E-state index in [1.165, 1.54) is 35.6 Å². The number of hydrogen-bond acceptors (Lipinski definition) is 5.